The molecule has 0 fully saturated rings. The lowest BCUT2D eigenvalue weighted by molar-refractivity contribution is 0.161. The van der Waals surface area contributed by atoms with Crippen LogP contribution in [0.4, 0.5) is 0 Å². The Kier molecular flexibility index (Phi) is 4.95. The second-order valence-corrected chi connectivity index (χ2v) is 8.39. The Labute approximate surface area is 190 Å². The molecule has 1 heterocycles. The van der Waals surface area contributed by atoms with Gasteiger partial charge in [-0.15, -0.1) is 0 Å². The summed E-state index contributed by atoms with van der Waals surface area (Å²) in [7, 11) is 3.34. The first-order valence-electron chi connectivity index (χ1n) is 10.0. The molecule has 0 radical (unpaired) electrons. The fourth-order valence-electron chi connectivity index (χ4n) is 4.13. The maximum absolute atomic E-state index is 6.80. The average molecular weight is 473 g/mol. The molecule has 0 saturated heterocycles. The van der Waals surface area contributed by atoms with Crippen molar-refractivity contribution in [1.82, 2.24) is 0 Å². The van der Waals surface area contributed by atoms with Crippen LogP contribution in [0.15, 0.2) is 89.4 Å². The van der Waals surface area contributed by atoms with Gasteiger partial charge in [0, 0.05) is 21.2 Å². The maximum Gasteiger partial charge on any atom is 0.178 e. The topological polar surface area (TPSA) is 27.7 Å². The fraction of sp³-hybridized carbons (Fsp3) is 0.111. The quantitative estimate of drug-likeness (QED) is 0.321. The zero-order valence-electron chi connectivity index (χ0n) is 17.3. The van der Waals surface area contributed by atoms with E-state index in [-0.39, 0.29) is 0 Å². The molecule has 0 aliphatic carbocycles. The molecule has 31 heavy (non-hydrogen) atoms. The monoisotopic (exact) mass is 472 g/mol. The molecule has 0 amide bonds. The highest BCUT2D eigenvalue weighted by Crippen LogP contribution is 2.44. The van der Waals surface area contributed by atoms with Crippen LogP contribution in [0.25, 0.3) is 16.8 Å². The van der Waals surface area contributed by atoms with E-state index < -0.39 is 5.60 Å². The molecule has 0 spiro atoms. The van der Waals surface area contributed by atoms with Gasteiger partial charge in [-0.2, -0.15) is 0 Å². The molecule has 0 N–H and O–H groups in total. The summed E-state index contributed by atoms with van der Waals surface area (Å²) in [6.45, 7) is 0. The van der Waals surface area contributed by atoms with Gasteiger partial charge in [-0.05, 0) is 65.4 Å². The molecular formula is C27H21BrO3. The van der Waals surface area contributed by atoms with Crippen molar-refractivity contribution in [3.05, 3.63) is 106 Å². The third kappa shape index (κ3) is 3.37. The van der Waals surface area contributed by atoms with Crippen LogP contribution in [0.5, 0.6) is 17.2 Å². The van der Waals surface area contributed by atoms with Crippen molar-refractivity contribution in [3.63, 3.8) is 0 Å². The van der Waals surface area contributed by atoms with E-state index in [0.717, 1.165) is 43.8 Å². The van der Waals surface area contributed by atoms with Crippen LogP contribution in [0.2, 0.25) is 0 Å². The predicted octanol–water partition coefficient (Wildman–Crippen LogP) is 6.97. The maximum atomic E-state index is 6.80. The van der Waals surface area contributed by atoms with E-state index in [1.807, 2.05) is 24.3 Å². The van der Waals surface area contributed by atoms with Gasteiger partial charge in [-0.3, -0.25) is 0 Å². The number of fused-ring (bicyclic) bond motifs is 3. The highest BCUT2D eigenvalue weighted by Gasteiger charge is 2.37. The van der Waals surface area contributed by atoms with Gasteiger partial charge in [0.05, 0.1) is 14.2 Å². The summed E-state index contributed by atoms with van der Waals surface area (Å²) < 4.78 is 18.6. The second-order valence-electron chi connectivity index (χ2n) is 7.47. The summed E-state index contributed by atoms with van der Waals surface area (Å²) in [5, 5.41) is 2.33. The van der Waals surface area contributed by atoms with Gasteiger partial charge in [-0.25, -0.2) is 0 Å². The highest BCUT2D eigenvalue weighted by atomic mass is 79.9. The number of rotatable bonds is 4. The van der Waals surface area contributed by atoms with Crippen LogP contribution in [0.1, 0.15) is 16.7 Å². The van der Waals surface area contributed by atoms with Crippen LogP contribution < -0.4 is 14.2 Å². The van der Waals surface area contributed by atoms with Crippen molar-refractivity contribution in [2.75, 3.05) is 14.2 Å². The minimum Gasteiger partial charge on any atom is -0.497 e. The Bertz CT molecular complexity index is 1230. The summed E-state index contributed by atoms with van der Waals surface area (Å²) in [6, 6.07) is 26.5. The Morgan fingerprint density at radius 2 is 1.35 bits per heavy atom. The van der Waals surface area contributed by atoms with Crippen molar-refractivity contribution >= 4 is 32.8 Å². The molecule has 4 aromatic carbocycles. The highest BCUT2D eigenvalue weighted by molar-refractivity contribution is 9.10. The first-order valence-corrected chi connectivity index (χ1v) is 10.8. The Balaban J connectivity index is 1.69. The first kappa shape index (κ1) is 19.7. The van der Waals surface area contributed by atoms with E-state index in [2.05, 4.69) is 82.7 Å². The normalized spacial score (nSPS) is 14.0. The van der Waals surface area contributed by atoms with Gasteiger partial charge < -0.3 is 14.2 Å². The van der Waals surface area contributed by atoms with E-state index in [4.69, 9.17) is 14.2 Å². The zero-order chi connectivity index (χ0) is 21.4. The van der Waals surface area contributed by atoms with E-state index in [1.54, 1.807) is 14.2 Å². The minimum absolute atomic E-state index is 0.755. The fourth-order valence-corrected chi connectivity index (χ4v) is 4.51. The molecule has 3 nitrogen and oxygen atoms in total. The summed E-state index contributed by atoms with van der Waals surface area (Å²) in [5.74, 6) is 2.47. The molecule has 1 aliphatic heterocycles. The Hall–Kier alpha value is -3.24. The molecule has 0 bridgehead atoms. The van der Waals surface area contributed by atoms with Gasteiger partial charge in [0.1, 0.15) is 17.2 Å². The number of hydrogen-bond donors (Lipinski definition) is 0. The van der Waals surface area contributed by atoms with Crippen LogP contribution in [0, 0.1) is 0 Å². The Morgan fingerprint density at radius 3 is 1.94 bits per heavy atom. The van der Waals surface area contributed by atoms with Crippen molar-refractivity contribution < 1.29 is 14.2 Å². The molecule has 0 saturated carbocycles. The Morgan fingerprint density at radius 1 is 0.742 bits per heavy atom. The van der Waals surface area contributed by atoms with Gasteiger partial charge in [-0.1, -0.05) is 52.3 Å². The molecule has 0 atom stereocenters. The first-order chi connectivity index (χ1) is 15.1. The van der Waals surface area contributed by atoms with E-state index >= 15 is 0 Å². The predicted molar refractivity (Wildman–Crippen MR) is 128 cm³/mol. The van der Waals surface area contributed by atoms with Crippen molar-refractivity contribution in [2.45, 2.75) is 5.60 Å². The summed E-state index contributed by atoms with van der Waals surface area (Å²) in [6.07, 6.45) is 4.31. The number of hydrogen-bond acceptors (Lipinski definition) is 3. The van der Waals surface area contributed by atoms with Crippen molar-refractivity contribution in [3.8, 4) is 17.2 Å². The lowest BCUT2D eigenvalue weighted by atomic mass is 9.83. The van der Waals surface area contributed by atoms with Crippen molar-refractivity contribution in [1.29, 1.82) is 0 Å². The van der Waals surface area contributed by atoms with E-state index in [1.165, 1.54) is 5.39 Å². The molecule has 154 valence electrons. The molecule has 4 aromatic rings. The largest absolute Gasteiger partial charge is 0.497 e. The summed E-state index contributed by atoms with van der Waals surface area (Å²) in [4.78, 5) is 0. The average Bonchev–Trinajstić information content (AvgIpc) is 2.83. The molecule has 1 aliphatic rings. The van der Waals surface area contributed by atoms with Crippen LogP contribution in [-0.2, 0) is 5.60 Å². The smallest absolute Gasteiger partial charge is 0.178 e. The second kappa shape index (κ2) is 7.78. The van der Waals surface area contributed by atoms with Gasteiger partial charge >= 0.3 is 0 Å². The zero-order valence-corrected chi connectivity index (χ0v) is 18.8. The molecule has 5 rings (SSSR count). The summed E-state index contributed by atoms with van der Waals surface area (Å²) >= 11 is 3.56. The SMILES string of the molecule is COc1ccc(C2(c3ccc(OC)cc3)C=Cc3c(ccc4cc(Br)ccc34)O2)cc1. The van der Waals surface area contributed by atoms with Crippen LogP contribution in [-0.4, -0.2) is 14.2 Å². The lowest BCUT2D eigenvalue weighted by Gasteiger charge is -2.36. The van der Waals surface area contributed by atoms with Crippen molar-refractivity contribution in [2.24, 2.45) is 0 Å². The van der Waals surface area contributed by atoms with Crippen LogP contribution in [0.3, 0.4) is 0 Å². The van der Waals surface area contributed by atoms with Crippen LogP contribution >= 0.6 is 15.9 Å². The number of ether oxygens (including phenoxy) is 3. The number of benzene rings is 4. The summed E-state index contributed by atoms with van der Waals surface area (Å²) in [5.41, 5.74) is 2.38. The molecular weight excluding hydrogens is 452 g/mol. The third-order valence-electron chi connectivity index (χ3n) is 5.78. The molecule has 0 unspecified atom stereocenters. The third-order valence-corrected chi connectivity index (χ3v) is 6.27. The van der Waals surface area contributed by atoms with E-state index in [9.17, 15) is 0 Å². The molecule has 0 aromatic heterocycles. The minimum atomic E-state index is -0.755. The van der Waals surface area contributed by atoms with E-state index in [0.29, 0.717) is 0 Å². The molecule has 4 heteroatoms. The van der Waals surface area contributed by atoms with Gasteiger partial charge in [0.25, 0.3) is 0 Å². The number of halogens is 1. The standard InChI is InChI=1S/C27H21BrO3/c1-29-22-9-4-19(5-10-22)27(20-6-11-23(30-2)12-7-20)16-15-25-24-13-8-21(28)17-18(24)3-14-26(25)31-27/h3-17H,1-2H3. The number of methoxy groups -OCH3 is 2. The van der Waals surface area contributed by atoms with Gasteiger partial charge in [0.15, 0.2) is 5.60 Å². The lowest BCUT2D eigenvalue weighted by Crippen LogP contribution is -2.34. The van der Waals surface area contributed by atoms with Gasteiger partial charge in [0.2, 0.25) is 0 Å².